The van der Waals surface area contributed by atoms with Crippen molar-refractivity contribution >= 4 is 15.9 Å². The third-order valence-electron chi connectivity index (χ3n) is 4.13. The quantitative estimate of drug-likeness (QED) is 0.705. The van der Waals surface area contributed by atoms with E-state index in [0.29, 0.717) is 12.3 Å². The molecule has 25 heavy (non-hydrogen) atoms. The van der Waals surface area contributed by atoms with Crippen LogP contribution in [0.2, 0.25) is 0 Å². The minimum atomic E-state index is -3.41. The lowest BCUT2D eigenvalue weighted by Gasteiger charge is -2.20. The van der Waals surface area contributed by atoms with Crippen molar-refractivity contribution in [1.82, 2.24) is 9.62 Å². The second-order valence-electron chi connectivity index (χ2n) is 6.13. The molecule has 0 radical (unpaired) electrons. The van der Waals surface area contributed by atoms with Gasteiger partial charge >= 0.3 is 0 Å². The van der Waals surface area contributed by atoms with E-state index in [4.69, 9.17) is 9.47 Å². The van der Waals surface area contributed by atoms with Crippen LogP contribution in [0.3, 0.4) is 0 Å². The SMILES string of the molecule is COc1ccc(CN(CCC(=O)NCC2CCCO2)S(C)(=O)=O)cc1. The summed E-state index contributed by atoms with van der Waals surface area (Å²) in [6.07, 6.45) is 3.32. The van der Waals surface area contributed by atoms with E-state index in [9.17, 15) is 13.2 Å². The number of hydrogen-bond acceptors (Lipinski definition) is 5. The molecule has 0 bridgehead atoms. The van der Waals surface area contributed by atoms with E-state index < -0.39 is 10.0 Å². The minimum absolute atomic E-state index is 0.0780. The van der Waals surface area contributed by atoms with Crippen LogP contribution in [0.15, 0.2) is 24.3 Å². The first kappa shape index (κ1) is 19.7. The van der Waals surface area contributed by atoms with Crippen LogP contribution in [-0.4, -0.2) is 57.8 Å². The average Bonchev–Trinajstić information content (AvgIpc) is 3.09. The van der Waals surface area contributed by atoms with Crippen LogP contribution in [0.1, 0.15) is 24.8 Å². The van der Waals surface area contributed by atoms with Gasteiger partial charge in [-0.25, -0.2) is 8.42 Å². The third-order valence-corrected chi connectivity index (χ3v) is 5.38. The van der Waals surface area contributed by atoms with Gasteiger partial charge in [0.05, 0.1) is 19.5 Å². The van der Waals surface area contributed by atoms with Gasteiger partial charge < -0.3 is 14.8 Å². The fourth-order valence-corrected chi connectivity index (χ4v) is 3.45. The number of hydrogen-bond donors (Lipinski definition) is 1. The van der Waals surface area contributed by atoms with E-state index in [-0.39, 0.29) is 31.5 Å². The number of carbonyl (C=O) groups excluding carboxylic acids is 1. The summed E-state index contributed by atoms with van der Waals surface area (Å²) in [6, 6.07) is 7.19. The molecular weight excluding hydrogens is 344 g/mol. The predicted molar refractivity (Wildman–Crippen MR) is 94.8 cm³/mol. The molecule has 1 aliphatic rings. The van der Waals surface area contributed by atoms with E-state index in [1.54, 1.807) is 19.2 Å². The Morgan fingerprint density at radius 1 is 1.36 bits per heavy atom. The van der Waals surface area contributed by atoms with Crippen LogP contribution in [0.5, 0.6) is 5.75 Å². The van der Waals surface area contributed by atoms with Crippen LogP contribution in [0, 0.1) is 0 Å². The van der Waals surface area contributed by atoms with Crippen molar-refractivity contribution in [3.05, 3.63) is 29.8 Å². The fraction of sp³-hybridized carbons (Fsp3) is 0.588. The summed E-state index contributed by atoms with van der Waals surface area (Å²) in [5.41, 5.74) is 0.839. The maximum absolute atomic E-state index is 12.0. The van der Waals surface area contributed by atoms with Crippen molar-refractivity contribution in [1.29, 1.82) is 0 Å². The lowest BCUT2D eigenvalue weighted by Crippen LogP contribution is -2.36. The summed E-state index contributed by atoms with van der Waals surface area (Å²) < 4.78 is 35.8. The second-order valence-corrected chi connectivity index (χ2v) is 8.12. The summed E-state index contributed by atoms with van der Waals surface area (Å²) >= 11 is 0. The fourth-order valence-electron chi connectivity index (χ4n) is 2.64. The van der Waals surface area contributed by atoms with Crippen molar-refractivity contribution in [2.24, 2.45) is 0 Å². The predicted octanol–water partition coefficient (Wildman–Crippen LogP) is 1.14. The number of carbonyl (C=O) groups is 1. The van der Waals surface area contributed by atoms with Gasteiger partial charge in [-0.3, -0.25) is 4.79 Å². The number of nitrogens with one attached hydrogen (secondary N) is 1. The molecule has 0 saturated carbocycles. The molecule has 1 N–H and O–H groups in total. The van der Waals surface area contributed by atoms with Crippen molar-refractivity contribution in [3.8, 4) is 5.75 Å². The Bertz CT molecular complexity index is 654. The Labute approximate surface area is 149 Å². The maximum atomic E-state index is 12.0. The molecule has 2 rings (SSSR count). The zero-order chi connectivity index (χ0) is 18.3. The second kappa shape index (κ2) is 9.17. The van der Waals surface area contributed by atoms with Crippen molar-refractivity contribution < 1.29 is 22.7 Å². The zero-order valence-electron chi connectivity index (χ0n) is 14.7. The lowest BCUT2D eigenvalue weighted by molar-refractivity contribution is -0.121. The Morgan fingerprint density at radius 3 is 2.64 bits per heavy atom. The molecule has 1 aromatic rings. The lowest BCUT2D eigenvalue weighted by atomic mass is 10.2. The van der Waals surface area contributed by atoms with Gasteiger partial charge in [-0.05, 0) is 30.5 Å². The van der Waals surface area contributed by atoms with Gasteiger partial charge in [0.1, 0.15) is 5.75 Å². The number of sulfonamides is 1. The summed E-state index contributed by atoms with van der Waals surface area (Å²) in [6.45, 7) is 1.59. The van der Waals surface area contributed by atoms with Gasteiger partial charge in [0, 0.05) is 32.7 Å². The smallest absolute Gasteiger partial charge is 0.221 e. The molecule has 1 heterocycles. The van der Waals surface area contributed by atoms with Crippen molar-refractivity contribution in [2.75, 3.05) is 33.1 Å². The standard InChI is InChI=1S/C17H26N2O5S/c1-23-15-7-5-14(6-8-15)13-19(25(2,21)22)10-9-17(20)18-12-16-4-3-11-24-16/h5-8,16H,3-4,9-13H2,1-2H3,(H,18,20). The highest BCUT2D eigenvalue weighted by molar-refractivity contribution is 7.88. The Hall–Kier alpha value is -1.64. The number of ether oxygens (including phenoxy) is 2. The van der Waals surface area contributed by atoms with E-state index in [1.807, 2.05) is 12.1 Å². The zero-order valence-corrected chi connectivity index (χ0v) is 15.5. The van der Waals surface area contributed by atoms with Crippen LogP contribution in [0.4, 0.5) is 0 Å². The highest BCUT2D eigenvalue weighted by atomic mass is 32.2. The molecule has 1 unspecified atom stereocenters. The average molecular weight is 370 g/mol. The molecule has 0 aromatic heterocycles. The first-order valence-electron chi connectivity index (χ1n) is 8.35. The molecular formula is C17H26N2O5S. The maximum Gasteiger partial charge on any atom is 0.221 e. The molecule has 8 heteroatoms. The molecule has 1 aromatic carbocycles. The van der Waals surface area contributed by atoms with Gasteiger partial charge in [-0.15, -0.1) is 0 Å². The monoisotopic (exact) mass is 370 g/mol. The molecule has 140 valence electrons. The molecule has 0 aliphatic carbocycles. The molecule has 1 fully saturated rings. The summed E-state index contributed by atoms with van der Waals surface area (Å²) in [4.78, 5) is 12.0. The van der Waals surface area contributed by atoms with Crippen LogP contribution in [-0.2, 0) is 26.1 Å². The molecule has 1 saturated heterocycles. The number of rotatable bonds is 9. The highest BCUT2D eigenvalue weighted by Crippen LogP contribution is 2.15. The van der Waals surface area contributed by atoms with Crippen LogP contribution in [0.25, 0.3) is 0 Å². The molecule has 1 amide bonds. The molecule has 1 aliphatic heterocycles. The van der Waals surface area contributed by atoms with Crippen molar-refractivity contribution in [2.45, 2.75) is 31.9 Å². The molecule has 0 spiro atoms. The number of nitrogens with zero attached hydrogens (tertiary/aromatic N) is 1. The minimum Gasteiger partial charge on any atom is -0.497 e. The highest BCUT2D eigenvalue weighted by Gasteiger charge is 2.20. The van der Waals surface area contributed by atoms with Crippen molar-refractivity contribution in [3.63, 3.8) is 0 Å². The summed E-state index contributed by atoms with van der Waals surface area (Å²) in [5, 5.41) is 2.81. The van der Waals surface area contributed by atoms with Gasteiger partial charge in [0.2, 0.25) is 15.9 Å². The Kier molecular flexibility index (Phi) is 7.22. The van der Waals surface area contributed by atoms with Gasteiger partial charge in [0.25, 0.3) is 0 Å². The van der Waals surface area contributed by atoms with Crippen LogP contribution >= 0.6 is 0 Å². The Morgan fingerprint density at radius 2 is 2.08 bits per heavy atom. The number of methoxy groups -OCH3 is 1. The topological polar surface area (TPSA) is 84.9 Å². The largest absolute Gasteiger partial charge is 0.497 e. The van der Waals surface area contributed by atoms with E-state index in [0.717, 1.165) is 31.3 Å². The molecule has 7 nitrogen and oxygen atoms in total. The first-order chi connectivity index (χ1) is 11.9. The first-order valence-corrected chi connectivity index (χ1v) is 10.2. The van der Waals surface area contributed by atoms with E-state index >= 15 is 0 Å². The van der Waals surface area contributed by atoms with Gasteiger partial charge in [-0.2, -0.15) is 4.31 Å². The van der Waals surface area contributed by atoms with E-state index in [1.165, 1.54) is 4.31 Å². The molecule has 1 atom stereocenters. The summed E-state index contributed by atoms with van der Waals surface area (Å²) in [5.74, 6) is 0.544. The van der Waals surface area contributed by atoms with E-state index in [2.05, 4.69) is 5.32 Å². The third kappa shape index (κ3) is 6.64. The van der Waals surface area contributed by atoms with Gasteiger partial charge in [-0.1, -0.05) is 12.1 Å². The normalized spacial score (nSPS) is 17.6. The summed E-state index contributed by atoms with van der Waals surface area (Å²) in [7, 11) is -1.83. The Balaban J connectivity index is 1.85. The number of benzene rings is 1. The van der Waals surface area contributed by atoms with Crippen LogP contribution < -0.4 is 10.1 Å². The van der Waals surface area contributed by atoms with Gasteiger partial charge in [0.15, 0.2) is 0 Å². The number of amides is 1.